The summed E-state index contributed by atoms with van der Waals surface area (Å²) < 4.78 is 0. The SMILES string of the molecule is CN(CC1CC(O)C1)c1ncc(CNC2CC2)cn1. The van der Waals surface area contributed by atoms with Gasteiger partial charge in [-0.05, 0) is 31.6 Å². The predicted octanol–water partition coefficient (Wildman–Crippen LogP) is 0.936. The molecule has 0 atom stereocenters. The van der Waals surface area contributed by atoms with Crippen LogP contribution in [0.1, 0.15) is 31.2 Å². The molecule has 1 aromatic heterocycles. The minimum atomic E-state index is -0.0878. The van der Waals surface area contributed by atoms with Gasteiger partial charge in [-0.3, -0.25) is 0 Å². The van der Waals surface area contributed by atoms with Crippen LogP contribution in [0, 0.1) is 5.92 Å². The molecule has 0 amide bonds. The third kappa shape index (κ3) is 3.42. The smallest absolute Gasteiger partial charge is 0.225 e. The van der Waals surface area contributed by atoms with E-state index in [2.05, 4.69) is 20.2 Å². The van der Waals surface area contributed by atoms with E-state index in [1.165, 1.54) is 12.8 Å². The van der Waals surface area contributed by atoms with Gasteiger partial charge in [0, 0.05) is 44.1 Å². The summed E-state index contributed by atoms with van der Waals surface area (Å²) in [6.45, 7) is 1.79. The van der Waals surface area contributed by atoms with Crippen molar-refractivity contribution in [3.8, 4) is 0 Å². The molecule has 0 spiro atoms. The van der Waals surface area contributed by atoms with E-state index in [-0.39, 0.29) is 6.10 Å². The first-order chi connectivity index (χ1) is 9.20. The molecule has 2 saturated carbocycles. The lowest BCUT2D eigenvalue weighted by molar-refractivity contribution is 0.0463. The lowest BCUT2D eigenvalue weighted by atomic mass is 9.82. The highest BCUT2D eigenvalue weighted by molar-refractivity contribution is 5.28. The van der Waals surface area contributed by atoms with Crippen LogP contribution in [0.5, 0.6) is 0 Å². The van der Waals surface area contributed by atoms with Crippen LogP contribution in [0.15, 0.2) is 12.4 Å². The Bertz CT molecular complexity index is 412. The molecule has 0 radical (unpaired) electrons. The van der Waals surface area contributed by atoms with E-state index in [4.69, 9.17) is 0 Å². The standard InChI is InChI=1S/C14H22N4O/c1-18(9-10-4-13(19)5-10)14-16-7-11(8-17-14)6-15-12-2-3-12/h7-8,10,12-13,15,19H,2-6,9H2,1H3. The molecule has 3 rings (SSSR count). The van der Waals surface area contributed by atoms with Gasteiger partial charge < -0.3 is 15.3 Å². The van der Waals surface area contributed by atoms with Crippen LogP contribution >= 0.6 is 0 Å². The van der Waals surface area contributed by atoms with Gasteiger partial charge in [0.05, 0.1) is 6.10 Å². The van der Waals surface area contributed by atoms with Gasteiger partial charge >= 0.3 is 0 Å². The van der Waals surface area contributed by atoms with Gasteiger partial charge in [-0.15, -0.1) is 0 Å². The van der Waals surface area contributed by atoms with E-state index in [9.17, 15) is 5.11 Å². The van der Waals surface area contributed by atoms with Crippen molar-refractivity contribution in [2.24, 2.45) is 5.92 Å². The number of aliphatic hydroxyl groups excluding tert-OH is 1. The largest absolute Gasteiger partial charge is 0.393 e. The fourth-order valence-corrected chi connectivity index (χ4v) is 2.50. The Labute approximate surface area is 114 Å². The Kier molecular flexibility index (Phi) is 3.66. The molecule has 2 aliphatic rings. The van der Waals surface area contributed by atoms with Gasteiger partial charge in [0.2, 0.25) is 5.95 Å². The van der Waals surface area contributed by atoms with Gasteiger partial charge in [0.15, 0.2) is 0 Å². The lowest BCUT2D eigenvalue weighted by Gasteiger charge is -2.34. The molecule has 0 aromatic carbocycles. The van der Waals surface area contributed by atoms with Crippen molar-refractivity contribution in [2.75, 3.05) is 18.5 Å². The summed E-state index contributed by atoms with van der Waals surface area (Å²) in [6.07, 6.45) is 8.15. The van der Waals surface area contributed by atoms with E-state index in [0.29, 0.717) is 12.0 Å². The second-order valence-electron chi connectivity index (χ2n) is 5.92. The Morgan fingerprint density at radius 3 is 2.58 bits per heavy atom. The average Bonchev–Trinajstić information content (AvgIpc) is 3.19. The highest BCUT2D eigenvalue weighted by Gasteiger charge is 2.28. The van der Waals surface area contributed by atoms with E-state index in [1.54, 1.807) is 0 Å². The first kappa shape index (κ1) is 12.8. The van der Waals surface area contributed by atoms with Crippen LogP contribution in [0.2, 0.25) is 0 Å². The third-order valence-corrected chi connectivity index (χ3v) is 3.95. The molecule has 19 heavy (non-hydrogen) atoms. The van der Waals surface area contributed by atoms with Crippen LogP contribution in [-0.4, -0.2) is 40.8 Å². The van der Waals surface area contributed by atoms with Gasteiger partial charge in [-0.2, -0.15) is 0 Å². The number of anilines is 1. The van der Waals surface area contributed by atoms with Crippen molar-refractivity contribution in [1.29, 1.82) is 0 Å². The molecule has 0 unspecified atom stereocenters. The number of hydrogen-bond donors (Lipinski definition) is 2. The topological polar surface area (TPSA) is 61.3 Å². The van der Waals surface area contributed by atoms with Gasteiger partial charge in [0.25, 0.3) is 0 Å². The average molecular weight is 262 g/mol. The fraction of sp³-hybridized carbons (Fsp3) is 0.714. The Morgan fingerprint density at radius 1 is 1.32 bits per heavy atom. The number of nitrogens with one attached hydrogen (secondary N) is 1. The zero-order valence-corrected chi connectivity index (χ0v) is 11.4. The minimum Gasteiger partial charge on any atom is -0.393 e. The highest BCUT2D eigenvalue weighted by Crippen LogP contribution is 2.28. The summed E-state index contributed by atoms with van der Waals surface area (Å²) >= 11 is 0. The van der Waals surface area contributed by atoms with Crippen LogP contribution in [0.4, 0.5) is 5.95 Å². The molecule has 104 valence electrons. The van der Waals surface area contributed by atoms with Crippen molar-refractivity contribution in [1.82, 2.24) is 15.3 Å². The summed E-state index contributed by atoms with van der Waals surface area (Å²) in [5.74, 6) is 1.36. The number of hydrogen-bond acceptors (Lipinski definition) is 5. The molecule has 2 aliphatic carbocycles. The predicted molar refractivity (Wildman–Crippen MR) is 73.9 cm³/mol. The molecule has 5 nitrogen and oxygen atoms in total. The molecular formula is C14H22N4O. The first-order valence-corrected chi connectivity index (χ1v) is 7.14. The van der Waals surface area contributed by atoms with Crippen LogP contribution in [-0.2, 0) is 6.54 Å². The highest BCUT2D eigenvalue weighted by atomic mass is 16.3. The van der Waals surface area contributed by atoms with Crippen molar-refractivity contribution in [2.45, 2.75) is 44.4 Å². The number of rotatable bonds is 6. The zero-order valence-electron chi connectivity index (χ0n) is 11.4. The van der Waals surface area contributed by atoms with Crippen molar-refractivity contribution in [3.05, 3.63) is 18.0 Å². The summed E-state index contributed by atoms with van der Waals surface area (Å²) in [5.41, 5.74) is 1.14. The molecular weight excluding hydrogens is 240 g/mol. The summed E-state index contributed by atoms with van der Waals surface area (Å²) in [4.78, 5) is 10.9. The maximum Gasteiger partial charge on any atom is 0.225 e. The number of nitrogens with zero attached hydrogens (tertiary/aromatic N) is 3. The Morgan fingerprint density at radius 2 is 2.00 bits per heavy atom. The van der Waals surface area contributed by atoms with E-state index in [1.807, 2.05) is 19.4 Å². The first-order valence-electron chi connectivity index (χ1n) is 7.14. The molecule has 1 heterocycles. The van der Waals surface area contributed by atoms with Crippen LogP contribution in [0.25, 0.3) is 0 Å². The third-order valence-electron chi connectivity index (χ3n) is 3.95. The molecule has 5 heteroatoms. The van der Waals surface area contributed by atoms with E-state index in [0.717, 1.165) is 37.4 Å². The second kappa shape index (κ2) is 5.43. The maximum atomic E-state index is 9.29. The summed E-state index contributed by atoms with van der Waals surface area (Å²) in [7, 11) is 2.02. The van der Waals surface area contributed by atoms with Crippen molar-refractivity contribution in [3.63, 3.8) is 0 Å². The quantitative estimate of drug-likeness (QED) is 0.799. The van der Waals surface area contributed by atoms with Gasteiger partial charge in [-0.25, -0.2) is 9.97 Å². The molecule has 1 aromatic rings. The van der Waals surface area contributed by atoms with Crippen LogP contribution < -0.4 is 10.2 Å². The zero-order chi connectivity index (χ0) is 13.2. The monoisotopic (exact) mass is 262 g/mol. The number of aromatic nitrogens is 2. The van der Waals surface area contributed by atoms with E-state index < -0.39 is 0 Å². The minimum absolute atomic E-state index is 0.0878. The van der Waals surface area contributed by atoms with Crippen molar-refractivity contribution < 1.29 is 5.11 Å². The molecule has 2 N–H and O–H groups in total. The van der Waals surface area contributed by atoms with E-state index >= 15 is 0 Å². The molecule has 0 bridgehead atoms. The van der Waals surface area contributed by atoms with Crippen molar-refractivity contribution >= 4 is 5.95 Å². The normalized spacial score (nSPS) is 26.0. The molecule has 2 fully saturated rings. The summed E-state index contributed by atoms with van der Waals surface area (Å²) in [6, 6.07) is 0.715. The summed E-state index contributed by atoms with van der Waals surface area (Å²) in [5, 5.41) is 12.7. The fourth-order valence-electron chi connectivity index (χ4n) is 2.50. The molecule has 0 saturated heterocycles. The van der Waals surface area contributed by atoms with Crippen LogP contribution in [0.3, 0.4) is 0 Å². The Balaban J connectivity index is 1.49. The lowest BCUT2D eigenvalue weighted by Crippen LogP contribution is -2.37. The maximum absolute atomic E-state index is 9.29. The molecule has 0 aliphatic heterocycles. The Hall–Kier alpha value is -1.20. The van der Waals surface area contributed by atoms with Gasteiger partial charge in [0.1, 0.15) is 0 Å². The second-order valence-corrected chi connectivity index (χ2v) is 5.92. The number of aliphatic hydroxyl groups is 1. The van der Waals surface area contributed by atoms with Gasteiger partial charge in [-0.1, -0.05) is 0 Å².